The molecule has 19 heteroatoms. The van der Waals surface area contributed by atoms with Crippen LogP contribution in [0.25, 0.3) is 22.2 Å². The Morgan fingerprint density at radius 2 is 1.45 bits per heavy atom. The Balaban J connectivity index is 1.16. The Bertz CT molecular complexity index is 3050. The lowest BCUT2D eigenvalue weighted by Gasteiger charge is -2.31. The summed E-state index contributed by atoms with van der Waals surface area (Å²) in [5, 5.41) is 6.23. The van der Waals surface area contributed by atoms with Crippen molar-refractivity contribution in [3.8, 4) is 34.5 Å². The first-order valence-corrected chi connectivity index (χ1v) is 24.0. The van der Waals surface area contributed by atoms with E-state index in [4.69, 9.17) is 35.5 Å². The van der Waals surface area contributed by atoms with Crippen molar-refractivity contribution in [1.29, 1.82) is 0 Å². The molecule has 2 fully saturated rings. The fraction of sp³-hybridized carbons (Fsp3) is 0.333. The van der Waals surface area contributed by atoms with E-state index in [2.05, 4.69) is 25.6 Å². The van der Waals surface area contributed by atoms with Gasteiger partial charge in [-0.3, -0.25) is 4.90 Å². The summed E-state index contributed by atoms with van der Waals surface area (Å²) in [6.45, 7) is 4.05. The van der Waals surface area contributed by atoms with Gasteiger partial charge in [0.25, 0.3) is 0 Å². The number of hydrogen-bond donors (Lipinski definition) is 2. The van der Waals surface area contributed by atoms with Crippen molar-refractivity contribution in [2.24, 2.45) is 0 Å². The Labute approximate surface area is 423 Å². The summed E-state index contributed by atoms with van der Waals surface area (Å²) in [6, 6.07) is 25.3. The summed E-state index contributed by atoms with van der Waals surface area (Å²) in [7, 11) is 4.61. The highest BCUT2D eigenvalue weighted by molar-refractivity contribution is 6.34. The predicted octanol–water partition coefficient (Wildman–Crippen LogP) is 12.3. The van der Waals surface area contributed by atoms with Gasteiger partial charge in [-0.25, -0.2) is 23.1 Å². The van der Waals surface area contributed by atoms with Crippen molar-refractivity contribution < 1.29 is 45.3 Å². The second kappa shape index (κ2) is 21.2. The minimum absolute atomic E-state index is 0.000630. The molecule has 2 aliphatic heterocycles. The number of benzene rings is 4. The second-order valence-electron chi connectivity index (χ2n) is 18.3. The molecule has 7 aromatic rings. The van der Waals surface area contributed by atoms with Crippen LogP contribution in [0.1, 0.15) is 65.6 Å². The van der Waals surface area contributed by atoms with E-state index in [1.807, 2.05) is 42.2 Å². The molecule has 1 unspecified atom stereocenters. The maximum absolute atomic E-state index is 17.9. The lowest BCUT2D eigenvalue weighted by molar-refractivity contribution is -0.137. The largest absolute Gasteiger partial charge is 0.497 e. The van der Waals surface area contributed by atoms with Crippen LogP contribution < -0.4 is 34.5 Å². The summed E-state index contributed by atoms with van der Waals surface area (Å²) < 4.78 is 118. The molecule has 73 heavy (non-hydrogen) atoms. The number of fused-ring (bicyclic) bond motifs is 2. The summed E-state index contributed by atoms with van der Waals surface area (Å²) in [5.41, 5.74) is -2.22. The number of aromatic nitrogens is 4. The molecule has 0 saturated carbocycles. The van der Waals surface area contributed by atoms with Crippen LogP contribution in [-0.2, 0) is 25.8 Å². The van der Waals surface area contributed by atoms with Gasteiger partial charge >= 0.3 is 12.2 Å². The van der Waals surface area contributed by atoms with Gasteiger partial charge in [-0.1, -0.05) is 54.1 Å². The van der Waals surface area contributed by atoms with Gasteiger partial charge in [-0.05, 0) is 98.5 Å². The third kappa shape index (κ3) is 10.7. The van der Waals surface area contributed by atoms with E-state index in [1.54, 1.807) is 67.9 Å². The molecule has 0 bridgehead atoms. The molecule has 0 aliphatic carbocycles. The molecule has 0 spiro atoms. The van der Waals surface area contributed by atoms with E-state index < -0.39 is 74.3 Å². The van der Waals surface area contributed by atoms with E-state index in [0.717, 1.165) is 18.9 Å². The summed E-state index contributed by atoms with van der Waals surface area (Å²) in [4.78, 5) is 21.7. The molecule has 12 nitrogen and oxygen atoms in total. The first kappa shape index (κ1) is 50.9. The second-order valence-corrected chi connectivity index (χ2v) is 18.7. The minimum Gasteiger partial charge on any atom is -0.497 e. The Hall–Kier alpha value is -7.05. The van der Waals surface area contributed by atoms with Crippen LogP contribution in [0.5, 0.6) is 23.3 Å². The quantitative estimate of drug-likeness (QED) is 0.0797. The van der Waals surface area contributed by atoms with Gasteiger partial charge in [0.05, 0.1) is 54.8 Å². The number of ether oxygens (including phenoxy) is 4. The molecule has 4 aromatic carbocycles. The van der Waals surface area contributed by atoms with Crippen LogP contribution in [0, 0.1) is 18.6 Å². The maximum Gasteiger partial charge on any atom is 0.418 e. The van der Waals surface area contributed by atoms with Gasteiger partial charge in [0.15, 0.2) is 17.5 Å². The molecule has 0 radical (unpaired) electrons. The summed E-state index contributed by atoms with van der Waals surface area (Å²) >= 11 is 6.97. The van der Waals surface area contributed by atoms with E-state index in [1.165, 1.54) is 25.2 Å². The van der Waals surface area contributed by atoms with Crippen molar-refractivity contribution >= 4 is 40.0 Å². The minimum atomic E-state index is -5.24. The van der Waals surface area contributed by atoms with Crippen molar-refractivity contribution in [3.05, 3.63) is 147 Å². The van der Waals surface area contributed by atoms with Gasteiger partial charge in [-0.2, -0.15) is 23.1 Å². The molecule has 2 aliphatic rings. The first-order valence-electron chi connectivity index (χ1n) is 23.7. The molecule has 5 heterocycles. The number of pyridine rings is 2. The van der Waals surface area contributed by atoms with E-state index in [0.29, 0.717) is 59.3 Å². The number of methoxy groups -OCH3 is 3. The summed E-state index contributed by atoms with van der Waals surface area (Å²) in [6.07, 6.45) is -2.99. The highest BCUT2D eigenvalue weighted by Gasteiger charge is 2.49. The number of nitrogens with zero attached hydrogens (tertiary/aromatic N) is 6. The zero-order valence-electron chi connectivity index (χ0n) is 40.7. The first-order chi connectivity index (χ1) is 35.1. The normalized spacial score (nSPS) is 17.1. The molecule has 382 valence electrons. The third-order valence-electron chi connectivity index (χ3n) is 13.6. The van der Waals surface area contributed by atoms with Crippen molar-refractivity contribution in [3.63, 3.8) is 0 Å². The Morgan fingerprint density at radius 3 is 2.05 bits per heavy atom. The molecule has 0 amide bonds. The zero-order chi connectivity index (χ0) is 51.6. The Morgan fingerprint density at radius 1 is 0.836 bits per heavy atom. The van der Waals surface area contributed by atoms with Crippen molar-refractivity contribution in [2.45, 2.75) is 76.7 Å². The predicted molar refractivity (Wildman–Crippen MR) is 268 cm³/mol. The van der Waals surface area contributed by atoms with Crippen molar-refractivity contribution in [1.82, 2.24) is 24.8 Å². The van der Waals surface area contributed by atoms with E-state index in [-0.39, 0.29) is 49.9 Å². The van der Waals surface area contributed by atoms with Crippen LogP contribution in [0.15, 0.2) is 97.2 Å². The number of hydrogen-bond acceptors (Lipinski definition) is 12. The molecule has 9 rings (SSSR count). The number of anilines is 3. The zero-order valence-corrected chi connectivity index (χ0v) is 41.5. The monoisotopic (exact) mass is 1030 g/mol. The topological polar surface area (TPSA) is 119 Å². The van der Waals surface area contributed by atoms with Gasteiger partial charge in [0, 0.05) is 55.3 Å². The number of halogens is 7. The standard InChI is InChI=1S/C54H53ClF6N8O4/c1-31-44(54(59,60)61)48(65-51(45(31)57)68(27-34-11-17-38(71-4)18-12-34)28-35-13-19-39(72-5)20-14-35)43-42(55)24-41-47(46(43)58)66-52(73-30-53-21-7-23-69(53)29-36(56)25-53)67-50(41)64-32(2)40-8-6-22-62-49(40)63-26-33-9-15-37(70-3)16-10-33/h6,8-20,22,24,32,36H,7,21,23,25-30H2,1-5H3,(H,62,63)(H,64,66,67)/t32?,36-,53+/m1/s1. The molecule has 3 aromatic heterocycles. The lowest BCUT2D eigenvalue weighted by atomic mass is 9.95. The van der Waals surface area contributed by atoms with Crippen LogP contribution >= 0.6 is 11.6 Å². The molecular formula is C54H53ClF6N8O4. The maximum atomic E-state index is 17.9. The SMILES string of the molecule is COc1ccc(CNc2ncccc2C(C)Nc2nc(OC[C@@]34CCCN3C[C@H](F)C4)nc3c(F)c(-c4nc(N(Cc5ccc(OC)cc5)Cc5ccc(OC)cc5)c(F)c(C)c4C(F)(F)F)c(Cl)cc23)cc1. The molecule has 3 atom stereocenters. The average molecular weight is 1030 g/mol. The molecular weight excluding hydrogens is 974 g/mol. The van der Waals surface area contributed by atoms with Gasteiger partial charge in [-0.15, -0.1) is 0 Å². The molecule has 2 N–H and O–H groups in total. The number of rotatable bonds is 18. The number of nitrogens with one attached hydrogen (secondary N) is 2. The number of alkyl halides is 4. The van der Waals surface area contributed by atoms with Crippen LogP contribution in [-0.4, -0.2) is 77.6 Å². The van der Waals surface area contributed by atoms with Gasteiger partial charge < -0.3 is 34.5 Å². The smallest absolute Gasteiger partial charge is 0.418 e. The van der Waals surface area contributed by atoms with Crippen LogP contribution in [0.3, 0.4) is 0 Å². The third-order valence-corrected chi connectivity index (χ3v) is 13.9. The lowest BCUT2D eigenvalue weighted by Crippen LogP contribution is -2.43. The van der Waals surface area contributed by atoms with Crippen molar-refractivity contribution in [2.75, 3.05) is 56.6 Å². The fourth-order valence-electron chi connectivity index (χ4n) is 9.85. The van der Waals surface area contributed by atoms with Gasteiger partial charge in [0.2, 0.25) is 0 Å². The van der Waals surface area contributed by atoms with E-state index in [9.17, 15) is 4.39 Å². The van der Waals surface area contributed by atoms with Gasteiger partial charge in [0.1, 0.15) is 47.2 Å². The Kier molecular flexibility index (Phi) is 14.8. The average Bonchev–Trinajstić information content (AvgIpc) is 3.92. The van der Waals surface area contributed by atoms with Crippen LogP contribution in [0.2, 0.25) is 5.02 Å². The van der Waals surface area contributed by atoms with Crippen LogP contribution in [0.4, 0.5) is 43.8 Å². The summed E-state index contributed by atoms with van der Waals surface area (Å²) in [5.74, 6) is -0.644. The van der Waals surface area contributed by atoms with E-state index >= 15 is 22.0 Å². The molecule has 2 saturated heterocycles. The highest BCUT2D eigenvalue weighted by atomic mass is 35.5. The highest BCUT2D eigenvalue weighted by Crippen LogP contribution is 2.47. The fourth-order valence-corrected chi connectivity index (χ4v) is 10.1.